The van der Waals surface area contributed by atoms with Crippen LogP contribution >= 0.6 is 33.9 Å². The summed E-state index contributed by atoms with van der Waals surface area (Å²) in [5.74, 6) is 1.03. The third kappa shape index (κ3) is 5.64. The molecule has 0 saturated carbocycles. The average Bonchev–Trinajstić information content (AvgIpc) is 3.40. The number of nitriles is 1. The molecule has 5 aromatic rings. The third-order valence-electron chi connectivity index (χ3n) is 8.33. The third-order valence-corrected chi connectivity index (χ3v) is 10.1. The Morgan fingerprint density at radius 1 is 1.11 bits per heavy atom. The summed E-state index contributed by atoms with van der Waals surface area (Å²) in [6, 6.07) is 27.3. The normalized spacial score (nSPS) is 15.2. The zero-order chi connectivity index (χ0) is 32.7. The first-order chi connectivity index (χ1) is 22.9. The number of nitrogens with zero attached hydrogens (tertiary/aromatic N) is 4. The summed E-state index contributed by atoms with van der Waals surface area (Å²) < 4.78 is 14.7. The van der Waals surface area contributed by atoms with Crippen LogP contribution in [0.2, 0.25) is 0 Å². The Morgan fingerprint density at radius 3 is 2.72 bits per heavy atom. The number of aryl methyl sites for hydroxylation is 1. The lowest BCUT2D eigenvalue weighted by Gasteiger charge is -2.30. The highest BCUT2D eigenvalue weighted by Crippen LogP contribution is 2.42. The molecule has 9 nitrogen and oxygen atoms in total. The van der Waals surface area contributed by atoms with Crippen LogP contribution in [0.4, 0.5) is 5.69 Å². The molecule has 1 aromatic heterocycles. The number of hydrogen-bond donors (Lipinski definition) is 0. The molecule has 0 unspecified atom stereocenters. The van der Waals surface area contributed by atoms with Gasteiger partial charge in [-0.3, -0.25) is 19.5 Å². The first-order valence-corrected chi connectivity index (χ1v) is 16.6. The Morgan fingerprint density at radius 2 is 1.91 bits per heavy atom. The Balaban J connectivity index is 1.34. The van der Waals surface area contributed by atoms with Crippen molar-refractivity contribution in [3.63, 3.8) is 0 Å². The van der Waals surface area contributed by atoms with Crippen molar-refractivity contribution in [2.24, 2.45) is 4.99 Å². The molecule has 0 bridgehead atoms. The van der Waals surface area contributed by atoms with E-state index in [-0.39, 0.29) is 17.9 Å². The number of methoxy groups -OCH3 is 1. The fourth-order valence-corrected chi connectivity index (χ4v) is 7.93. The molecule has 0 N–H and O–H groups in total. The molecule has 0 amide bonds. The number of benzene rings is 4. The monoisotopic (exact) mass is 752 g/mol. The number of nitro benzene ring substituents is 1. The second-order valence-corrected chi connectivity index (χ2v) is 13.2. The molecular formula is C36H25IN4O5S. The van der Waals surface area contributed by atoms with Gasteiger partial charge in [0.2, 0.25) is 0 Å². The highest BCUT2D eigenvalue weighted by molar-refractivity contribution is 14.1. The Hall–Kier alpha value is -5.06. The van der Waals surface area contributed by atoms with Crippen LogP contribution < -0.4 is 24.4 Å². The van der Waals surface area contributed by atoms with Crippen molar-refractivity contribution in [2.75, 3.05) is 7.11 Å². The summed E-state index contributed by atoms with van der Waals surface area (Å²) in [6.45, 7) is 0.194. The topological polar surface area (TPSA) is 120 Å². The maximum absolute atomic E-state index is 14.2. The summed E-state index contributed by atoms with van der Waals surface area (Å²) in [7, 11) is 1.56. The molecule has 232 valence electrons. The van der Waals surface area contributed by atoms with Crippen LogP contribution in [0.3, 0.4) is 0 Å². The lowest BCUT2D eigenvalue weighted by atomic mass is 9.83. The first-order valence-electron chi connectivity index (χ1n) is 14.7. The van der Waals surface area contributed by atoms with E-state index in [2.05, 4.69) is 34.7 Å². The van der Waals surface area contributed by atoms with Gasteiger partial charge < -0.3 is 9.47 Å². The number of thiazole rings is 1. The molecule has 2 aliphatic rings. The molecule has 0 spiro atoms. The van der Waals surface area contributed by atoms with Crippen molar-refractivity contribution in [1.82, 2.24) is 4.57 Å². The predicted octanol–water partition coefficient (Wildman–Crippen LogP) is 6.29. The predicted molar refractivity (Wildman–Crippen MR) is 187 cm³/mol. The van der Waals surface area contributed by atoms with Gasteiger partial charge in [0.1, 0.15) is 6.61 Å². The second kappa shape index (κ2) is 12.6. The molecule has 11 heteroatoms. The smallest absolute Gasteiger partial charge is 0.271 e. The average molecular weight is 753 g/mol. The summed E-state index contributed by atoms with van der Waals surface area (Å²) in [5, 5.41) is 21.2. The van der Waals surface area contributed by atoms with Crippen LogP contribution in [0.25, 0.3) is 11.8 Å². The molecule has 0 saturated heterocycles. The van der Waals surface area contributed by atoms with Gasteiger partial charge in [0.05, 0.1) is 43.5 Å². The summed E-state index contributed by atoms with van der Waals surface area (Å²) in [5.41, 5.74) is 6.47. The van der Waals surface area contributed by atoms with E-state index in [1.165, 1.54) is 23.0 Å². The molecule has 0 fully saturated rings. The van der Waals surface area contributed by atoms with Gasteiger partial charge in [0, 0.05) is 23.3 Å². The van der Waals surface area contributed by atoms with E-state index in [4.69, 9.17) is 14.5 Å². The maximum atomic E-state index is 14.2. The molecule has 1 aliphatic heterocycles. The van der Waals surface area contributed by atoms with Gasteiger partial charge in [-0.15, -0.1) is 0 Å². The molecule has 4 aromatic carbocycles. The van der Waals surface area contributed by atoms with E-state index in [9.17, 15) is 20.2 Å². The fourth-order valence-electron chi connectivity index (χ4n) is 6.15. The Bertz CT molecular complexity index is 2350. The van der Waals surface area contributed by atoms with Crippen LogP contribution in [-0.2, 0) is 13.0 Å². The van der Waals surface area contributed by atoms with E-state index in [0.717, 1.165) is 38.0 Å². The van der Waals surface area contributed by atoms with E-state index in [0.29, 0.717) is 38.4 Å². The summed E-state index contributed by atoms with van der Waals surface area (Å²) in [6.07, 6.45) is 3.28. The number of allylic oxidation sites excluding steroid dienone is 1. The van der Waals surface area contributed by atoms with Crippen LogP contribution in [0.5, 0.6) is 11.5 Å². The van der Waals surface area contributed by atoms with E-state index < -0.39 is 11.0 Å². The summed E-state index contributed by atoms with van der Waals surface area (Å²) in [4.78, 5) is 31.1. The number of nitro groups is 1. The summed E-state index contributed by atoms with van der Waals surface area (Å²) >= 11 is 3.46. The number of ether oxygens (including phenoxy) is 2. The van der Waals surface area contributed by atoms with E-state index in [1.54, 1.807) is 29.9 Å². The number of halogens is 1. The van der Waals surface area contributed by atoms with Gasteiger partial charge in [-0.05, 0) is 82.0 Å². The van der Waals surface area contributed by atoms with Crippen molar-refractivity contribution >= 4 is 51.4 Å². The van der Waals surface area contributed by atoms with Crippen molar-refractivity contribution in [1.29, 1.82) is 5.26 Å². The molecule has 47 heavy (non-hydrogen) atoms. The van der Waals surface area contributed by atoms with E-state index >= 15 is 0 Å². The highest BCUT2D eigenvalue weighted by atomic mass is 127. The van der Waals surface area contributed by atoms with Gasteiger partial charge in [0.15, 0.2) is 16.3 Å². The zero-order valence-corrected chi connectivity index (χ0v) is 27.9. The molecule has 2 heterocycles. The number of non-ortho nitro benzene ring substituents is 1. The number of rotatable bonds is 7. The molecule has 1 aliphatic carbocycles. The second-order valence-electron chi connectivity index (χ2n) is 11.1. The lowest BCUT2D eigenvalue weighted by Crippen LogP contribution is -2.38. The van der Waals surface area contributed by atoms with Crippen molar-refractivity contribution in [3.8, 4) is 17.6 Å². The van der Waals surface area contributed by atoms with Crippen molar-refractivity contribution in [2.45, 2.75) is 25.5 Å². The van der Waals surface area contributed by atoms with Gasteiger partial charge in [0.25, 0.3) is 11.2 Å². The van der Waals surface area contributed by atoms with Gasteiger partial charge in [-0.1, -0.05) is 65.9 Å². The minimum absolute atomic E-state index is 0.0277. The molecule has 1 atom stereocenters. The molecular weight excluding hydrogens is 727 g/mol. The fraction of sp³-hybridized carbons (Fsp3) is 0.139. The van der Waals surface area contributed by atoms with Gasteiger partial charge in [-0.25, -0.2) is 4.99 Å². The number of fused-ring (bicyclic) bond motifs is 3. The van der Waals surface area contributed by atoms with Gasteiger partial charge >= 0.3 is 0 Å². The van der Waals surface area contributed by atoms with Crippen molar-refractivity contribution < 1.29 is 14.4 Å². The first kappa shape index (κ1) is 30.6. The number of aromatic nitrogens is 1. The van der Waals surface area contributed by atoms with Crippen molar-refractivity contribution in [3.05, 3.63) is 157 Å². The molecule has 0 radical (unpaired) electrons. The van der Waals surface area contributed by atoms with Crippen LogP contribution in [0.1, 0.15) is 45.8 Å². The highest BCUT2D eigenvalue weighted by Gasteiger charge is 2.33. The standard InChI is InChI=1S/C36H25IN4O5S/c1-45-30-16-21(15-29(37)34(30)46-20-25-9-3-2-8-24(25)19-38)17-31-35(42)40-33(23-10-6-11-26(18-23)41(43)44)28-14-13-22-7-4-5-12-27(22)32(28)39-36(40)47-31/h2-12,15-18,33H,13-14,20H2,1H3/b31-17-/t33-/m1/s1. The Labute approximate surface area is 286 Å². The van der Waals surface area contributed by atoms with Crippen LogP contribution in [-0.4, -0.2) is 16.6 Å². The largest absolute Gasteiger partial charge is 0.493 e. The SMILES string of the molecule is COc1cc(/C=c2\sc3n(c2=O)[C@H](c2cccc([N+](=O)[O-])c2)C2=C(N=3)c3ccccc3CC2)cc(I)c1OCc1ccccc1C#N. The molecule has 7 rings (SSSR count). The lowest BCUT2D eigenvalue weighted by molar-refractivity contribution is -0.384. The van der Waals surface area contributed by atoms with Gasteiger partial charge in [-0.2, -0.15) is 5.26 Å². The zero-order valence-electron chi connectivity index (χ0n) is 25.0. The minimum Gasteiger partial charge on any atom is -0.493 e. The number of hydrogen-bond acceptors (Lipinski definition) is 8. The maximum Gasteiger partial charge on any atom is 0.271 e. The Kier molecular flexibility index (Phi) is 8.21. The minimum atomic E-state index is -0.529. The van der Waals surface area contributed by atoms with Crippen LogP contribution in [0, 0.1) is 25.0 Å². The van der Waals surface area contributed by atoms with E-state index in [1.807, 2.05) is 60.7 Å². The van der Waals surface area contributed by atoms with Crippen LogP contribution in [0.15, 0.2) is 100 Å². The quantitative estimate of drug-likeness (QED) is 0.110.